The standard InChI is InChI=1S/C11H11BrN2O2/c1-3-16-11(15)10-8(12)4-5-9-13-7(2)6-14(9)10/h4-6H,3H2,1-2H3. The van der Waals surface area contributed by atoms with Crippen LogP contribution >= 0.6 is 15.9 Å². The summed E-state index contributed by atoms with van der Waals surface area (Å²) in [6.07, 6.45) is 1.81. The molecule has 0 saturated carbocycles. The number of rotatable bonds is 2. The number of nitrogens with zero attached hydrogens (tertiary/aromatic N) is 2. The molecule has 0 amide bonds. The van der Waals surface area contributed by atoms with E-state index in [1.807, 2.05) is 19.2 Å². The maximum absolute atomic E-state index is 11.8. The average Bonchev–Trinajstić information content (AvgIpc) is 2.58. The first kappa shape index (κ1) is 11.1. The Bertz CT molecular complexity index is 548. The van der Waals surface area contributed by atoms with Crippen molar-refractivity contribution >= 4 is 27.5 Å². The highest BCUT2D eigenvalue weighted by Gasteiger charge is 2.16. The molecule has 0 atom stereocenters. The Kier molecular flexibility index (Phi) is 2.96. The second kappa shape index (κ2) is 4.25. The Hall–Kier alpha value is -1.36. The molecule has 2 rings (SSSR count). The van der Waals surface area contributed by atoms with Crippen LogP contribution in [0.4, 0.5) is 0 Å². The third kappa shape index (κ3) is 1.82. The summed E-state index contributed by atoms with van der Waals surface area (Å²) < 4.78 is 7.45. The van der Waals surface area contributed by atoms with E-state index in [0.717, 1.165) is 11.3 Å². The summed E-state index contributed by atoms with van der Waals surface area (Å²) in [6.45, 7) is 4.02. The Morgan fingerprint density at radius 1 is 1.56 bits per heavy atom. The van der Waals surface area contributed by atoms with Gasteiger partial charge in [0.1, 0.15) is 11.3 Å². The first-order chi connectivity index (χ1) is 7.63. The SMILES string of the molecule is CCOC(=O)c1c(Br)ccc2nc(C)cn12. The normalized spacial score (nSPS) is 10.7. The van der Waals surface area contributed by atoms with E-state index in [-0.39, 0.29) is 5.97 Å². The molecule has 16 heavy (non-hydrogen) atoms. The molecule has 2 aromatic heterocycles. The molecule has 0 N–H and O–H groups in total. The van der Waals surface area contributed by atoms with Gasteiger partial charge in [-0.1, -0.05) is 0 Å². The number of pyridine rings is 1. The van der Waals surface area contributed by atoms with Crippen LogP contribution in [0.5, 0.6) is 0 Å². The number of halogens is 1. The molecule has 0 radical (unpaired) electrons. The van der Waals surface area contributed by atoms with Crippen LogP contribution in [0.3, 0.4) is 0 Å². The smallest absolute Gasteiger partial charge is 0.356 e. The summed E-state index contributed by atoms with van der Waals surface area (Å²) >= 11 is 3.35. The quantitative estimate of drug-likeness (QED) is 0.796. The summed E-state index contributed by atoms with van der Waals surface area (Å²) in [7, 11) is 0. The van der Waals surface area contributed by atoms with Crippen molar-refractivity contribution in [3.05, 3.63) is 34.2 Å². The molecule has 84 valence electrons. The fourth-order valence-corrected chi connectivity index (χ4v) is 2.04. The monoisotopic (exact) mass is 282 g/mol. The molecule has 0 unspecified atom stereocenters. The van der Waals surface area contributed by atoms with Gasteiger partial charge in [0.15, 0.2) is 0 Å². The Morgan fingerprint density at radius 3 is 3.00 bits per heavy atom. The summed E-state index contributed by atoms with van der Waals surface area (Å²) in [6, 6.07) is 3.65. The number of fused-ring (bicyclic) bond motifs is 1. The maximum atomic E-state index is 11.8. The van der Waals surface area contributed by atoms with Crippen molar-refractivity contribution in [3.8, 4) is 0 Å². The van der Waals surface area contributed by atoms with Gasteiger partial charge in [0, 0.05) is 10.7 Å². The topological polar surface area (TPSA) is 43.6 Å². The number of ether oxygens (including phenoxy) is 1. The van der Waals surface area contributed by atoms with Gasteiger partial charge in [-0.3, -0.25) is 4.40 Å². The Labute approximate surface area is 101 Å². The molecule has 0 aliphatic heterocycles. The van der Waals surface area contributed by atoms with E-state index in [9.17, 15) is 4.79 Å². The van der Waals surface area contributed by atoms with Gasteiger partial charge in [-0.15, -0.1) is 0 Å². The fraction of sp³-hybridized carbons (Fsp3) is 0.273. The lowest BCUT2D eigenvalue weighted by atomic mass is 10.3. The van der Waals surface area contributed by atoms with Crippen LogP contribution in [-0.4, -0.2) is 22.0 Å². The number of aryl methyl sites for hydroxylation is 1. The lowest BCUT2D eigenvalue weighted by Crippen LogP contribution is -2.10. The molecule has 0 spiro atoms. The molecular formula is C11H11BrN2O2. The summed E-state index contributed by atoms with van der Waals surface area (Å²) in [5, 5.41) is 0. The molecule has 4 nitrogen and oxygen atoms in total. The summed E-state index contributed by atoms with van der Waals surface area (Å²) in [5.74, 6) is -0.350. The summed E-state index contributed by atoms with van der Waals surface area (Å²) in [5.41, 5.74) is 2.08. The largest absolute Gasteiger partial charge is 0.461 e. The van der Waals surface area contributed by atoms with Gasteiger partial charge >= 0.3 is 5.97 Å². The molecule has 0 bridgehead atoms. The van der Waals surface area contributed by atoms with E-state index < -0.39 is 0 Å². The van der Waals surface area contributed by atoms with E-state index in [0.29, 0.717) is 16.8 Å². The lowest BCUT2D eigenvalue weighted by Gasteiger charge is -2.06. The number of imidazole rings is 1. The number of carbonyl (C=O) groups is 1. The minimum Gasteiger partial charge on any atom is -0.461 e. The average molecular weight is 283 g/mol. The molecule has 5 heteroatoms. The molecule has 0 aliphatic carbocycles. The number of esters is 1. The minimum absolute atomic E-state index is 0.350. The van der Waals surface area contributed by atoms with Gasteiger partial charge in [-0.2, -0.15) is 0 Å². The van der Waals surface area contributed by atoms with Crippen molar-refractivity contribution in [2.75, 3.05) is 6.61 Å². The third-order valence-electron chi connectivity index (χ3n) is 2.17. The van der Waals surface area contributed by atoms with Crippen LogP contribution in [-0.2, 0) is 4.74 Å². The fourth-order valence-electron chi connectivity index (χ4n) is 1.55. The first-order valence-electron chi connectivity index (χ1n) is 4.94. The zero-order valence-electron chi connectivity index (χ0n) is 9.03. The number of hydrogen-bond acceptors (Lipinski definition) is 3. The Balaban J connectivity index is 2.65. The predicted molar refractivity (Wildman–Crippen MR) is 63.6 cm³/mol. The number of carbonyl (C=O) groups excluding carboxylic acids is 1. The van der Waals surface area contributed by atoms with Crippen molar-refractivity contribution in [1.29, 1.82) is 0 Å². The molecule has 2 heterocycles. The van der Waals surface area contributed by atoms with E-state index in [2.05, 4.69) is 20.9 Å². The highest BCUT2D eigenvalue weighted by atomic mass is 79.9. The van der Waals surface area contributed by atoms with Gasteiger partial charge in [0.2, 0.25) is 0 Å². The second-order valence-electron chi connectivity index (χ2n) is 3.36. The predicted octanol–water partition coefficient (Wildman–Crippen LogP) is 2.58. The van der Waals surface area contributed by atoms with Crippen molar-refractivity contribution in [3.63, 3.8) is 0 Å². The van der Waals surface area contributed by atoms with Gasteiger partial charge in [0.25, 0.3) is 0 Å². The van der Waals surface area contributed by atoms with Crippen molar-refractivity contribution < 1.29 is 9.53 Å². The second-order valence-corrected chi connectivity index (χ2v) is 4.22. The van der Waals surface area contributed by atoms with Crippen LogP contribution < -0.4 is 0 Å². The zero-order chi connectivity index (χ0) is 11.7. The maximum Gasteiger partial charge on any atom is 0.356 e. The van der Waals surface area contributed by atoms with E-state index in [1.54, 1.807) is 17.4 Å². The lowest BCUT2D eigenvalue weighted by molar-refractivity contribution is 0.0516. The van der Waals surface area contributed by atoms with Gasteiger partial charge in [-0.05, 0) is 41.9 Å². The third-order valence-corrected chi connectivity index (χ3v) is 2.81. The van der Waals surface area contributed by atoms with E-state index in [4.69, 9.17) is 4.74 Å². The number of aromatic nitrogens is 2. The molecule has 0 aromatic carbocycles. The highest BCUT2D eigenvalue weighted by Crippen LogP contribution is 2.20. The van der Waals surface area contributed by atoms with Crippen LogP contribution in [0.25, 0.3) is 5.65 Å². The molecule has 0 saturated heterocycles. The van der Waals surface area contributed by atoms with Crippen molar-refractivity contribution in [2.24, 2.45) is 0 Å². The summed E-state index contributed by atoms with van der Waals surface area (Å²) in [4.78, 5) is 16.1. The molecule has 2 aromatic rings. The molecule has 0 fully saturated rings. The van der Waals surface area contributed by atoms with E-state index >= 15 is 0 Å². The van der Waals surface area contributed by atoms with Gasteiger partial charge in [0.05, 0.1) is 12.3 Å². The minimum atomic E-state index is -0.350. The van der Waals surface area contributed by atoms with Crippen LogP contribution in [0.1, 0.15) is 23.1 Å². The zero-order valence-corrected chi connectivity index (χ0v) is 10.6. The first-order valence-corrected chi connectivity index (χ1v) is 5.74. The van der Waals surface area contributed by atoms with Crippen molar-refractivity contribution in [1.82, 2.24) is 9.38 Å². The van der Waals surface area contributed by atoms with Crippen LogP contribution in [0.2, 0.25) is 0 Å². The van der Waals surface area contributed by atoms with Crippen LogP contribution in [0, 0.1) is 6.92 Å². The molecular weight excluding hydrogens is 272 g/mol. The van der Waals surface area contributed by atoms with Gasteiger partial charge in [-0.25, -0.2) is 9.78 Å². The van der Waals surface area contributed by atoms with Crippen LogP contribution in [0.15, 0.2) is 22.8 Å². The molecule has 0 aliphatic rings. The number of hydrogen-bond donors (Lipinski definition) is 0. The van der Waals surface area contributed by atoms with E-state index in [1.165, 1.54) is 0 Å². The van der Waals surface area contributed by atoms with Gasteiger partial charge < -0.3 is 4.74 Å². The van der Waals surface area contributed by atoms with Crippen molar-refractivity contribution in [2.45, 2.75) is 13.8 Å². The Morgan fingerprint density at radius 2 is 2.31 bits per heavy atom. The highest BCUT2D eigenvalue weighted by molar-refractivity contribution is 9.10.